The highest BCUT2D eigenvalue weighted by atomic mass is 16.8. The fourth-order valence-corrected chi connectivity index (χ4v) is 6.08. The van der Waals surface area contributed by atoms with E-state index in [0.29, 0.717) is 0 Å². The van der Waals surface area contributed by atoms with Gasteiger partial charge >= 0.3 is 0 Å². The van der Waals surface area contributed by atoms with E-state index in [-0.39, 0.29) is 22.5 Å². The molecule has 2 bridgehead atoms. The van der Waals surface area contributed by atoms with Gasteiger partial charge in [-0.1, -0.05) is 60.7 Å². The van der Waals surface area contributed by atoms with Crippen LogP contribution in [-0.2, 0) is 19.8 Å². The predicted molar refractivity (Wildman–Crippen MR) is 115 cm³/mol. The standard InChI is InChI=1S/C25H17N2O5/c28-13-25-16-9-3-1-7-14(16)20(15-8-2-4-10-17(15)25)21-22(25)24(30)26(23(21)29)18-11-5-6-12-19(18)27(31)32/h1-13,20-22,31H/q-1/t20?,21-,22-,25?/m0/s1. The molecule has 7 heteroatoms. The number of nitrogens with zero attached hydrogens (tertiary/aromatic N) is 2. The Balaban J connectivity index is 1.64. The van der Waals surface area contributed by atoms with Crippen molar-refractivity contribution in [3.63, 3.8) is 0 Å². The molecule has 32 heavy (non-hydrogen) atoms. The first-order valence-corrected chi connectivity index (χ1v) is 10.3. The molecule has 1 aliphatic heterocycles. The number of benzene rings is 3. The zero-order chi connectivity index (χ0) is 22.2. The summed E-state index contributed by atoms with van der Waals surface area (Å²) >= 11 is 0. The number of rotatable bonds is 3. The molecule has 7 rings (SSSR count). The summed E-state index contributed by atoms with van der Waals surface area (Å²) in [6.45, 7) is 0. The van der Waals surface area contributed by atoms with Gasteiger partial charge in [0.15, 0.2) is 0 Å². The molecule has 0 spiro atoms. The van der Waals surface area contributed by atoms with Crippen molar-refractivity contribution in [3.8, 4) is 0 Å². The first kappa shape index (κ1) is 18.9. The Labute approximate surface area is 183 Å². The molecule has 0 radical (unpaired) electrons. The molecule has 158 valence electrons. The van der Waals surface area contributed by atoms with E-state index < -0.39 is 29.1 Å². The Bertz CT molecular complexity index is 1270. The minimum atomic E-state index is -1.31. The Kier molecular flexibility index (Phi) is 3.75. The number of amides is 2. The largest absolute Gasteiger partial charge is 0.733 e. The van der Waals surface area contributed by atoms with Gasteiger partial charge in [0, 0.05) is 5.92 Å². The SMILES string of the molecule is O=CC12c3ccccc3C(c3ccccc31)[C@@H]1C(=O)N(c3ccccc3N([O-])O)C(=O)[C@H]12. The number of aldehydes is 1. The van der Waals surface area contributed by atoms with Crippen LogP contribution in [0.2, 0.25) is 0 Å². The molecule has 1 saturated heterocycles. The minimum Gasteiger partial charge on any atom is -0.733 e. The van der Waals surface area contributed by atoms with E-state index in [2.05, 4.69) is 0 Å². The third kappa shape index (κ3) is 2.04. The van der Waals surface area contributed by atoms with Crippen LogP contribution in [0.3, 0.4) is 0 Å². The van der Waals surface area contributed by atoms with E-state index >= 15 is 0 Å². The molecule has 4 aliphatic rings. The van der Waals surface area contributed by atoms with Crippen molar-refractivity contribution in [3.05, 3.63) is 100 Å². The Hall–Kier alpha value is -3.81. The molecule has 3 aromatic rings. The average molecular weight is 425 g/mol. The summed E-state index contributed by atoms with van der Waals surface area (Å²) in [6.07, 6.45) is 0.796. The molecule has 3 aliphatic carbocycles. The molecule has 1 fully saturated rings. The number of carbonyl (C=O) groups excluding carboxylic acids is 3. The first-order valence-electron chi connectivity index (χ1n) is 10.3. The molecule has 7 nitrogen and oxygen atoms in total. The van der Waals surface area contributed by atoms with Crippen molar-refractivity contribution in [2.45, 2.75) is 11.3 Å². The van der Waals surface area contributed by atoms with Gasteiger partial charge in [-0.15, -0.1) is 0 Å². The van der Waals surface area contributed by atoms with Crippen LogP contribution in [-0.4, -0.2) is 23.3 Å². The van der Waals surface area contributed by atoms with Crippen LogP contribution in [0.25, 0.3) is 0 Å². The summed E-state index contributed by atoms with van der Waals surface area (Å²) in [5.74, 6) is -3.14. The van der Waals surface area contributed by atoms with Gasteiger partial charge in [0.1, 0.15) is 6.29 Å². The fraction of sp³-hybridized carbons (Fsp3) is 0.160. The molecule has 2 atom stereocenters. The van der Waals surface area contributed by atoms with E-state index in [9.17, 15) is 24.8 Å². The monoisotopic (exact) mass is 425 g/mol. The van der Waals surface area contributed by atoms with Crippen LogP contribution in [0.4, 0.5) is 11.4 Å². The number of hydrogen-bond donors (Lipinski definition) is 1. The van der Waals surface area contributed by atoms with Crippen molar-refractivity contribution in [1.29, 1.82) is 0 Å². The van der Waals surface area contributed by atoms with E-state index in [1.54, 1.807) is 6.07 Å². The molecule has 1 heterocycles. The number of hydrogen-bond acceptors (Lipinski definition) is 6. The van der Waals surface area contributed by atoms with E-state index in [1.807, 2.05) is 48.5 Å². The minimum absolute atomic E-state index is 0.00274. The van der Waals surface area contributed by atoms with Crippen LogP contribution in [0.15, 0.2) is 72.8 Å². The van der Waals surface area contributed by atoms with Crippen molar-refractivity contribution in [2.75, 3.05) is 10.1 Å². The topological polar surface area (TPSA) is 101 Å². The Morgan fingerprint density at radius 1 is 0.875 bits per heavy atom. The summed E-state index contributed by atoms with van der Waals surface area (Å²) in [4.78, 5) is 41.5. The second kappa shape index (κ2) is 6.35. The van der Waals surface area contributed by atoms with Gasteiger partial charge in [0.05, 0.1) is 28.6 Å². The maximum atomic E-state index is 13.8. The lowest BCUT2D eigenvalue weighted by Crippen LogP contribution is -2.54. The highest BCUT2D eigenvalue weighted by Gasteiger charge is 2.68. The number of imide groups is 1. The normalized spacial score (nSPS) is 27.1. The smallest absolute Gasteiger partial charge is 0.239 e. The van der Waals surface area contributed by atoms with Gasteiger partial charge in [-0.05, 0) is 34.4 Å². The molecule has 2 amide bonds. The average Bonchev–Trinajstić information content (AvgIpc) is 3.09. The lowest BCUT2D eigenvalue weighted by Gasteiger charge is -2.51. The summed E-state index contributed by atoms with van der Waals surface area (Å²) < 4.78 is 0. The first-order chi connectivity index (χ1) is 15.5. The lowest BCUT2D eigenvalue weighted by molar-refractivity contribution is -0.128. The van der Waals surface area contributed by atoms with Gasteiger partial charge in [-0.25, -0.2) is 4.90 Å². The van der Waals surface area contributed by atoms with Gasteiger partial charge in [0.25, 0.3) is 0 Å². The summed E-state index contributed by atoms with van der Waals surface area (Å²) in [5, 5.41) is 20.9. The highest BCUT2D eigenvalue weighted by molar-refractivity contribution is 6.26. The Morgan fingerprint density at radius 2 is 1.44 bits per heavy atom. The number of carbonyl (C=O) groups is 3. The Morgan fingerprint density at radius 3 is 2.03 bits per heavy atom. The summed E-state index contributed by atoms with van der Waals surface area (Å²) in [6, 6.07) is 20.8. The second-order valence-corrected chi connectivity index (χ2v) is 8.42. The van der Waals surface area contributed by atoms with Gasteiger partial charge in [-0.2, -0.15) is 0 Å². The molecule has 0 unspecified atom stereocenters. The van der Waals surface area contributed by atoms with E-state index in [0.717, 1.165) is 33.4 Å². The molecule has 0 saturated carbocycles. The molecular weight excluding hydrogens is 408 g/mol. The highest BCUT2D eigenvalue weighted by Crippen LogP contribution is 2.63. The van der Waals surface area contributed by atoms with Gasteiger partial charge < -0.3 is 15.2 Å². The van der Waals surface area contributed by atoms with Crippen LogP contribution < -0.4 is 10.1 Å². The maximum Gasteiger partial charge on any atom is 0.239 e. The van der Waals surface area contributed by atoms with Crippen molar-refractivity contribution >= 4 is 29.5 Å². The molecule has 3 aromatic carbocycles. The fourth-order valence-electron chi connectivity index (χ4n) is 6.08. The summed E-state index contributed by atoms with van der Waals surface area (Å²) in [5.41, 5.74) is 1.69. The van der Waals surface area contributed by atoms with Crippen molar-refractivity contribution in [2.24, 2.45) is 11.8 Å². The molecular formula is C25H17N2O5-. The van der Waals surface area contributed by atoms with E-state index in [1.165, 1.54) is 18.2 Å². The van der Waals surface area contributed by atoms with Crippen LogP contribution in [0.5, 0.6) is 0 Å². The zero-order valence-electron chi connectivity index (χ0n) is 16.7. The van der Waals surface area contributed by atoms with Crippen LogP contribution in [0.1, 0.15) is 28.2 Å². The maximum absolute atomic E-state index is 13.8. The zero-order valence-corrected chi connectivity index (χ0v) is 16.7. The lowest BCUT2D eigenvalue weighted by atomic mass is 9.48. The number of anilines is 2. The van der Waals surface area contributed by atoms with Crippen molar-refractivity contribution in [1.82, 2.24) is 0 Å². The third-order valence-electron chi connectivity index (χ3n) is 7.20. The third-order valence-corrected chi connectivity index (χ3v) is 7.20. The quantitative estimate of drug-likeness (QED) is 0.393. The number of para-hydroxylation sites is 2. The van der Waals surface area contributed by atoms with Crippen molar-refractivity contribution < 1.29 is 19.6 Å². The van der Waals surface area contributed by atoms with E-state index in [4.69, 9.17) is 0 Å². The van der Waals surface area contributed by atoms with Crippen LogP contribution >= 0.6 is 0 Å². The molecule has 0 aromatic heterocycles. The van der Waals surface area contributed by atoms with Gasteiger partial charge in [-0.3, -0.25) is 14.8 Å². The second-order valence-electron chi connectivity index (χ2n) is 8.42. The van der Waals surface area contributed by atoms with Gasteiger partial charge in [0.2, 0.25) is 11.8 Å². The summed E-state index contributed by atoms with van der Waals surface area (Å²) in [7, 11) is 0. The molecule has 1 N–H and O–H groups in total. The predicted octanol–water partition coefficient (Wildman–Crippen LogP) is 3.13. The van der Waals surface area contributed by atoms with Crippen LogP contribution in [0, 0.1) is 17.0 Å².